The summed E-state index contributed by atoms with van der Waals surface area (Å²) in [5, 5.41) is 24.2. The van der Waals surface area contributed by atoms with Crippen molar-refractivity contribution in [3.63, 3.8) is 0 Å². The Labute approximate surface area is 463 Å². The number of carbonyl (C=O) groups is 3. The number of aromatic nitrogens is 3. The zero-order valence-electron chi connectivity index (χ0n) is 45.7. The highest BCUT2D eigenvalue weighted by Crippen LogP contribution is 2.39. The Morgan fingerprint density at radius 2 is 1.64 bits per heavy atom. The molecule has 77 heavy (non-hydrogen) atoms. The fraction of sp³-hybridized carbons (Fsp3) is 0.509. The molecule has 5 heterocycles. The number of rotatable bonds is 21. The van der Waals surface area contributed by atoms with Crippen LogP contribution in [0.15, 0.2) is 78.4 Å². The number of hydrogen-bond donors (Lipinski definition) is 5. The molecule has 414 valence electrons. The number of nitrogens with one attached hydrogen (secondary N) is 4. The number of nitrogens with zero attached hydrogens (tertiary/aromatic N) is 7. The molecule has 0 unspecified atom stereocenters. The van der Waals surface area contributed by atoms with Gasteiger partial charge >= 0.3 is 0 Å². The van der Waals surface area contributed by atoms with Gasteiger partial charge in [0, 0.05) is 88.3 Å². The molecule has 0 spiro atoms. The number of carbonyl (C=O) groups excluding carboxylic acids is 3. The van der Waals surface area contributed by atoms with Gasteiger partial charge in [-0.2, -0.15) is 4.98 Å². The normalized spacial score (nSPS) is 18.2. The van der Waals surface area contributed by atoms with E-state index >= 15 is 0 Å². The molecule has 3 fully saturated rings. The maximum Gasteiger partial charge on any atom is 0.246 e. The highest BCUT2D eigenvalue weighted by molar-refractivity contribution is 7.70. The smallest absolute Gasteiger partial charge is 0.246 e. The number of methoxy groups -OCH3 is 1. The van der Waals surface area contributed by atoms with Crippen molar-refractivity contribution in [1.29, 1.82) is 0 Å². The third-order valence-corrected chi connectivity index (χ3v) is 17.8. The summed E-state index contributed by atoms with van der Waals surface area (Å²) in [5.74, 6) is 0.571. The molecule has 2 aromatic heterocycles. The first-order valence-electron chi connectivity index (χ1n) is 27.0. The lowest BCUT2D eigenvalue weighted by Gasteiger charge is -2.43. The molecule has 3 aromatic carbocycles. The van der Waals surface area contributed by atoms with Gasteiger partial charge in [-0.3, -0.25) is 19.3 Å². The van der Waals surface area contributed by atoms with E-state index in [1.165, 1.54) is 11.1 Å². The number of hydrogen-bond acceptors (Lipinski definition) is 15. The first-order chi connectivity index (χ1) is 36.8. The van der Waals surface area contributed by atoms with Crippen LogP contribution >= 0.6 is 30.1 Å². The van der Waals surface area contributed by atoms with E-state index in [0.717, 1.165) is 117 Å². The summed E-state index contributed by atoms with van der Waals surface area (Å²) in [4.78, 5) is 64.6. The van der Waals surface area contributed by atoms with Gasteiger partial charge in [0.1, 0.15) is 30.0 Å². The lowest BCUT2D eigenvalue weighted by atomic mass is 9.85. The van der Waals surface area contributed by atoms with Crippen molar-refractivity contribution in [3.8, 4) is 16.2 Å². The van der Waals surface area contributed by atoms with Crippen molar-refractivity contribution in [2.45, 2.75) is 110 Å². The van der Waals surface area contributed by atoms with Crippen LogP contribution in [0.3, 0.4) is 0 Å². The lowest BCUT2D eigenvalue weighted by molar-refractivity contribution is -0.144. The van der Waals surface area contributed by atoms with E-state index in [4.69, 9.17) is 16.3 Å². The monoisotopic (exact) mass is 1110 g/mol. The molecule has 8 rings (SSSR count). The van der Waals surface area contributed by atoms with Crippen molar-refractivity contribution in [2.75, 3.05) is 88.3 Å². The van der Waals surface area contributed by atoms with Crippen LogP contribution < -0.4 is 36.2 Å². The summed E-state index contributed by atoms with van der Waals surface area (Å²) in [6.45, 7) is 18.7. The van der Waals surface area contributed by atoms with Crippen molar-refractivity contribution in [2.24, 2.45) is 5.41 Å². The first-order valence-corrected chi connectivity index (χ1v) is 30.9. The second kappa shape index (κ2) is 25.9. The quantitative estimate of drug-likeness (QED) is 0.0346. The first kappa shape index (κ1) is 57.6. The van der Waals surface area contributed by atoms with Crippen molar-refractivity contribution >= 4 is 81.9 Å². The van der Waals surface area contributed by atoms with Gasteiger partial charge in [-0.25, -0.2) is 9.97 Å². The fourth-order valence-electron chi connectivity index (χ4n) is 10.6. The number of unbranched alkanes of at least 4 members (excludes halogenated alkanes) is 3. The summed E-state index contributed by atoms with van der Waals surface area (Å²) in [6, 6.07) is 20.5. The van der Waals surface area contributed by atoms with Gasteiger partial charge in [-0.15, -0.1) is 11.3 Å². The number of piperazine rings is 1. The summed E-state index contributed by atoms with van der Waals surface area (Å²) >= 11 is 8.10. The molecule has 3 saturated heterocycles. The van der Waals surface area contributed by atoms with E-state index < -0.39 is 30.7 Å². The highest BCUT2D eigenvalue weighted by atomic mass is 35.5. The number of aryl methyl sites for hydroxylation is 1. The van der Waals surface area contributed by atoms with Crippen LogP contribution in [0.4, 0.5) is 28.8 Å². The van der Waals surface area contributed by atoms with E-state index in [0.29, 0.717) is 46.0 Å². The molecule has 3 amide bonds. The number of amides is 3. The van der Waals surface area contributed by atoms with Crippen LogP contribution in [0.25, 0.3) is 10.4 Å². The van der Waals surface area contributed by atoms with Crippen LogP contribution in [0.5, 0.6) is 5.75 Å². The Morgan fingerprint density at radius 1 is 0.909 bits per heavy atom. The standard InChI is InChI=1S/C57H77ClN11O6PS/c1-38-51(77-37-61-38)40-19-17-39(18-20-40)34-59-54(72)47-33-43(70)36-69(47)55(73)52(57(2,3)4)64-50(71)16-10-8-9-13-25-66-28-30-68(31-29-66)41-23-26-67(27-24-41)42-21-22-45(48(32-42)75-5)63-56-60-35-44(58)53(65-56)62-46-14-11-12-15-49(46)76(6,7)74/h11-12,14-15,17-22,32,35,37,41,43,47,52,70H,8-10,13,16,23-31,33-34,36H2,1-7H3,(H,59,72)(H,64,71)(H2,60,62,63,65)/t43-,47+,52-/m1/s1. The zero-order chi connectivity index (χ0) is 54.9. The van der Waals surface area contributed by atoms with E-state index in [1.807, 2.05) is 87.8 Å². The number of likely N-dealkylation sites (tertiary alicyclic amines) is 1. The minimum Gasteiger partial charge on any atom is -0.494 e. The van der Waals surface area contributed by atoms with Crippen LogP contribution in [0, 0.1) is 12.3 Å². The van der Waals surface area contributed by atoms with Crippen LogP contribution in [0.1, 0.15) is 83.4 Å². The number of β-amino-alcohol motifs (C(OH)–C–C–N with tert-alkyl or cyclic N) is 1. The summed E-state index contributed by atoms with van der Waals surface area (Å²) in [5.41, 5.74) is 6.70. The van der Waals surface area contributed by atoms with Crippen molar-refractivity contribution in [1.82, 2.24) is 40.3 Å². The van der Waals surface area contributed by atoms with E-state index in [2.05, 4.69) is 63.1 Å². The number of thiazole rings is 1. The third kappa shape index (κ3) is 15.2. The van der Waals surface area contributed by atoms with E-state index in [9.17, 15) is 24.1 Å². The topological polar surface area (TPSA) is 197 Å². The molecule has 3 atom stereocenters. The Bertz CT molecular complexity index is 2860. The van der Waals surface area contributed by atoms with Crippen molar-refractivity contribution in [3.05, 3.63) is 94.7 Å². The lowest BCUT2D eigenvalue weighted by Crippen LogP contribution is -2.57. The minimum absolute atomic E-state index is 0.0391. The minimum atomic E-state index is -2.56. The number of aliphatic hydroxyl groups excluding tert-OH is 1. The number of para-hydroxylation sites is 1. The van der Waals surface area contributed by atoms with Gasteiger partial charge < -0.3 is 50.4 Å². The van der Waals surface area contributed by atoms with Crippen molar-refractivity contribution < 1.29 is 28.8 Å². The van der Waals surface area contributed by atoms with Gasteiger partial charge in [0.2, 0.25) is 23.7 Å². The molecule has 3 aliphatic heterocycles. The predicted molar refractivity (Wildman–Crippen MR) is 310 cm³/mol. The number of benzene rings is 3. The zero-order valence-corrected chi connectivity index (χ0v) is 48.2. The average Bonchev–Trinajstić information content (AvgIpc) is 4.04. The number of piperidine rings is 1. The van der Waals surface area contributed by atoms with Gasteiger partial charge in [0.05, 0.1) is 46.9 Å². The maximum absolute atomic E-state index is 14.1. The molecule has 17 nitrogen and oxygen atoms in total. The highest BCUT2D eigenvalue weighted by Gasteiger charge is 2.44. The molecule has 20 heteroatoms. The predicted octanol–water partition coefficient (Wildman–Crippen LogP) is 8.65. The summed E-state index contributed by atoms with van der Waals surface area (Å²) in [6.07, 6.45) is 7.11. The number of anilines is 5. The Balaban J connectivity index is 0.719. The summed E-state index contributed by atoms with van der Waals surface area (Å²) < 4.78 is 18.8. The van der Waals surface area contributed by atoms with Crippen LogP contribution in [0.2, 0.25) is 5.02 Å². The average molecular weight is 1110 g/mol. The van der Waals surface area contributed by atoms with E-state index in [1.54, 1.807) is 31.8 Å². The van der Waals surface area contributed by atoms with Crippen LogP contribution in [-0.2, 0) is 25.5 Å². The molecule has 0 saturated carbocycles. The maximum atomic E-state index is 14.1. The second-order valence-corrected chi connectivity index (χ2v) is 26.5. The molecular formula is C57H77ClN11O6PS. The number of ether oxygens (including phenoxy) is 1. The third-order valence-electron chi connectivity index (χ3n) is 15.0. The Kier molecular flexibility index (Phi) is 19.4. The number of halogens is 1. The van der Waals surface area contributed by atoms with Gasteiger partial charge in [0.25, 0.3) is 0 Å². The van der Waals surface area contributed by atoms with Gasteiger partial charge in [0.15, 0.2) is 5.82 Å². The SMILES string of the molecule is COc1cc(N2CCC(N3CCN(CCCCCCC(=O)N[C@H](C(=O)N4C[C@H](O)C[C@H]4C(=O)NCc4ccc(-c5scnc5C)cc4)C(C)(C)C)CC3)CC2)ccc1Nc1ncc(Cl)c(Nc2ccccc2P(C)(C)=O)n1. The fourth-order valence-corrected chi connectivity index (χ4v) is 12.7. The van der Waals surface area contributed by atoms with Gasteiger partial charge in [-0.1, -0.05) is 81.6 Å². The van der Waals surface area contributed by atoms with E-state index in [-0.39, 0.29) is 37.2 Å². The van der Waals surface area contributed by atoms with Crippen LogP contribution in [-0.4, -0.2) is 150 Å². The second-order valence-electron chi connectivity index (χ2n) is 22.1. The number of aliphatic hydroxyl groups is 1. The summed E-state index contributed by atoms with van der Waals surface area (Å²) in [7, 11) is -0.900. The largest absolute Gasteiger partial charge is 0.494 e. The molecule has 5 aromatic rings. The Hall–Kier alpha value is -5.62. The molecule has 0 radical (unpaired) electrons. The molecule has 0 aliphatic carbocycles. The molecule has 0 bridgehead atoms. The Morgan fingerprint density at radius 3 is 2.32 bits per heavy atom. The molecule has 5 N–H and O–H groups in total. The molecule has 3 aliphatic rings. The molecular weight excluding hydrogens is 1030 g/mol. The van der Waals surface area contributed by atoms with Gasteiger partial charge in [-0.05, 0) is 93.3 Å².